The van der Waals surface area contributed by atoms with Crippen molar-refractivity contribution in [2.24, 2.45) is 0 Å². The van der Waals surface area contributed by atoms with Gasteiger partial charge in [-0.15, -0.1) is 11.3 Å². The van der Waals surface area contributed by atoms with Gasteiger partial charge in [-0.3, -0.25) is 4.79 Å². The lowest BCUT2D eigenvalue weighted by Crippen LogP contribution is -2.41. The number of carbonyl (C=O) groups is 2. The number of amides is 1. The molecule has 0 fully saturated rings. The van der Waals surface area contributed by atoms with Crippen LogP contribution >= 0.6 is 11.3 Å². The molecule has 0 aliphatic heterocycles. The normalized spacial score (nSPS) is 11.6. The van der Waals surface area contributed by atoms with Crippen LogP contribution in [0.25, 0.3) is 0 Å². The summed E-state index contributed by atoms with van der Waals surface area (Å²) in [7, 11) is 0. The molecule has 0 spiro atoms. The molecule has 0 saturated heterocycles. The SMILES string of the molecule is CCOC(=O)c1cc(CC)sc1NC(=O)C(F)(F)C(F)F. The summed E-state index contributed by atoms with van der Waals surface area (Å²) in [6.45, 7) is 3.35. The van der Waals surface area contributed by atoms with E-state index in [1.165, 1.54) is 6.07 Å². The average molecular weight is 327 g/mol. The molecular formula is C12H13F4NO3S. The Kier molecular flexibility index (Phi) is 5.70. The summed E-state index contributed by atoms with van der Waals surface area (Å²) in [5, 5.41) is 1.45. The monoisotopic (exact) mass is 327 g/mol. The summed E-state index contributed by atoms with van der Waals surface area (Å²) in [6, 6.07) is 1.37. The van der Waals surface area contributed by atoms with E-state index in [0.717, 1.165) is 11.3 Å². The molecule has 118 valence electrons. The molecular weight excluding hydrogens is 314 g/mol. The number of aryl methyl sites for hydroxylation is 1. The molecule has 0 aliphatic carbocycles. The summed E-state index contributed by atoms with van der Waals surface area (Å²) in [4.78, 5) is 23.5. The summed E-state index contributed by atoms with van der Waals surface area (Å²) >= 11 is 0.859. The first-order valence-electron chi connectivity index (χ1n) is 6.01. The van der Waals surface area contributed by atoms with E-state index in [-0.39, 0.29) is 17.2 Å². The lowest BCUT2D eigenvalue weighted by Gasteiger charge is -2.14. The topological polar surface area (TPSA) is 55.4 Å². The maximum Gasteiger partial charge on any atom is 0.383 e. The number of anilines is 1. The molecule has 0 radical (unpaired) electrons. The van der Waals surface area contributed by atoms with E-state index in [1.54, 1.807) is 19.2 Å². The van der Waals surface area contributed by atoms with Gasteiger partial charge in [0.25, 0.3) is 0 Å². The highest BCUT2D eigenvalue weighted by atomic mass is 32.1. The third-order valence-electron chi connectivity index (χ3n) is 2.43. The number of rotatable bonds is 6. The Bertz CT molecular complexity index is 531. The van der Waals surface area contributed by atoms with Crippen LogP contribution in [0.1, 0.15) is 29.1 Å². The number of thiophene rings is 1. The van der Waals surface area contributed by atoms with Crippen molar-refractivity contribution in [1.82, 2.24) is 0 Å². The second-order valence-electron chi connectivity index (χ2n) is 3.91. The molecule has 0 aliphatic rings. The molecule has 1 N–H and O–H groups in total. The molecule has 1 amide bonds. The van der Waals surface area contributed by atoms with Crippen LogP contribution in [-0.2, 0) is 16.0 Å². The predicted octanol–water partition coefficient (Wildman–Crippen LogP) is 3.33. The Morgan fingerprint density at radius 3 is 2.48 bits per heavy atom. The van der Waals surface area contributed by atoms with Crippen LogP contribution in [-0.4, -0.2) is 30.8 Å². The number of alkyl halides is 4. The van der Waals surface area contributed by atoms with Crippen LogP contribution < -0.4 is 5.32 Å². The first-order valence-corrected chi connectivity index (χ1v) is 6.82. The lowest BCUT2D eigenvalue weighted by molar-refractivity contribution is -0.163. The summed E-state index contributed by atoms with van der Waals surface area (Å²) in [5.74, 6) is -7.81. The van der Waals surface area contributed by atoms with Crippen molar-refractivity contribution in [3.63, 3.8) is 0 Å². The van der Waals surface area contributed by atoms with Crippen molar-refractivity contribution in [3.8, 4) is 0 Å². The third-order valence-corrected chi connectivity index (χ3v) is 3.63. The predicted molar refractivity (Wildman–Crippen MR) is 69.2 cm³/mol. The van der Waals surface area contributed by atoms with Crippen LogP contribution in [0.4, 0.5) is 22.6 Å². The summed E-state index contributed by atoms with van der Waals surface area (Å²) in [5.41, 5.74) is -0.128. The molecule has 4 nitrogen and oxygen atoms in total. The number of nitrogens with one attached hydrogen (secondary N) is 1. The van der Waals surface area contributed by atoms with Crippen molar-refractivity contribution < 1.29 is 31.9 Å². The number of hydrogen-bond donors (Lipinski definition) is 1. The second kappa shape index (κ2) is 6.88. The van der Waals surface area contributed by atoms with Gasteiger partial charge in [-0.05, 0) is 19.4 Å². The molecule has 1 rings (SSSR count). The quantitative estimate of drug-likeness (QED) is 0.644. The minimum atomic E-state index is -4.83. The number of halogens is 4. The Balaban J connectivity index is 3.05. The van der Waals surface area contributed by atoms with Gasteiger partial charge in [-0.2, -0.15) is 8.78 Å². The Morgan fingerprint density at radius 2 is 2.00 bits per heavy atom. The molecule has 0 atom stereocenters. The van der Waals surface area contributed by atoms with E-state index in [4.69, 9.17) is 4.74 Å². The smallest absolute Gasteiger partial charge is 0.383 e. The van der Waals surface area contributed by atoms with Crippen LogP contribution in [0, 0.1) is 0 Å². The van der Waals surface area contributed by atoms with E-state index < -0.39 is 24.2 Å². The molecule has 9 heteroatoms. The van der Waals surface area contributed by atoms with Gasteiger partial charge in [0.15, 0.2) is 0 Å². The maximum atomic E-state index is 12.9. The first-order chi connectivity index (χ1) is 9.73. The van der Waals surface area contributed by atoms with E-state index >= 15 is 0 Å². The van der Waals surface area contributed by atoms with Gasteiger partial charge in [-0.25, -0.2) is 13.6 Å². The van der Waals surface area contributed by atoms with E-state index in [1.807, 2.05) is 0 Å². The number of hydrogen-bond acceptors (Lipinski definition) is 4. The van der Waals surface area contributed by atoms with Crippen molar-refractivity contribution in [2.45, 2.75) is 32.6 Å². The summed E-state index contributed by atoms with van der Waals surface area (Å²) in [6.07, 6.45) is -3.65. The highest BCUT2D eigenvalue weighted by Gasteiger charge is 2.49. The van der Waals surface area contributed by atoms with Crippen molar-refractivity contribution in [3.05, 3.63) is 16.5 Å². The molecule has 0 aromatic carbocycles. The number of ether oxygens (including phenoxy) is 1. The molecule has 1 aromatic heterocycles. The van der Waals surface area contributed by atoms with Gasteiger partial charge < -0.3 is 10.1 Å². The van der Waals surface area contributed by atoms with Gasteiger partial charge >= 0.3 is 24.2 Å². The Hall–Kier alpha value is -1.64. The van der Waals surface area contributed by atoms with Crippen molar-refractivity contribution in [1.29, 1.82) is 0 Å². The maximum absolute atomic E-state index is 12.9. The zero-order chi connectivity index (χ0) is 16.2. The van der Waals surface area contributed by atoms with Crippen molar-refractivity contribution >= 4 is 28.2 Å². The van der Waals surface area contributed by atoms with Gasteiger partial charge in [-0.1, -0.05) is 6.92 Å². The number of esters is 1. The van der Waals surface area contributed by atoms with Gasteiger partial charge in [0.1, 0.15) is 5.00 Å². The molecule has 1 heterocycles. The molecule has 0 bridgehead atoms. The van der Waals surface area contributed by atoms with Gasteiger partial charge in [0, 0.05) is 4.88 Å². The fraction of sp³-hybridized carbons (Fsp3) is 0.500. The molecule has 1 aromatic rings. The van der Waals surface area contributed by atoms with Crippen molar-refractivity contribution in [2.75, 3.05) is 11.9 Å². The Morgan fingerprint density at radius 1 is 1.38 bits per heavy atom. The van der Waals surface area contributed by atoms with E-state index in [0.29, 0.717) is 11.3 Å². The average Bonchev–Trinajstić information content (AvgIpc) is 2.81. The number of carbonyl (C=O) groups excluding carboxylic acids is 2. The van der Waals surface area contributed by atoms with Crippen LogP contribution in [0.3, 0.4) is 0 Å². The zero-order valence-corrected chi connectivity index (χ0v) is 12.0. The largest absolute Gasteiger partial charge is 0.462 e. The van der Waals surface area contributed by atoms with Crippen LogP contribution in [0.2, 0.25) is 0 Å². The fourth-order valence-corrected chi connectivity index (χ4v) is 2.33. The lowest BCUT2D eigenvalue weighted by atomic mass is 10.2. The highest BCUT2D eigenvalue weighted by Crippen LogP contribution is 2.32. The van der Waals surface area contributed by atoms with Gasteiger partial charge in [0.05, 0.1) is 12.2 Å². The van der Waals surface area contributed by atoms with E-state index in [9.17, 15) is 27.2 Å². The first kappa shape index (κ1) is 17.4. The fourth-order valence-electron chi connectivity index (χ4n) is 1.36. The second-order valence-corrected chi connectivity index (χ2v) is 5.04. The van der Waals surface area contributed by atoms with Gasteiger partial charge in [0.2, 0.25) is 0 Å². The van der Waals surface area contributed by atoms with Crippen LogP contribution in [0.15, 0.2) is 6.07 Å². The van der Waals surface area contributed by atoms with E-state index in [2.05, 4.69) is 0 Å². The Labute approximate surface area is 122 Å². The highest BCUT2D eigenvalue weighted by molar-refractivity contribution is 7.16. The van der Waals surface area contributed by atoms with Crippen LogP contribution in [0.5, 0.6) is 0 Å². The molecule has 21 heavy (non-hydrogen) atoms. The molecule has 0 saturated carbocycles. The zero-order valence-electron chi connectivity index (χ0n) is 11.2. The summed E-state index contributed by atoms with van der Waals surface area (Å²) < 4.78 is 54.8. The third kappa shape index (κ3) is 3.93. The standard InChI is InChI=1S/C12H13F4NO3S/c1-3-6-5-7(9(18)20-4-2)8(21-6)17-11(19)12(15,16)10(13)14/h5,10H,3-4H2,1-2H3,(H,17,19). The minimum absolute atomic E-state index is 0.0523. The molecule has 0 unspecified atom stereocenters. The minimum Gasteiger partial charge on any atom is -0.462 e.